The topological polar surface area (TPSA) is 34.2 Å². The van der Waals surface area contributed by atoms with Gasteiger partial charge in [-0.2, -0.15) is 0 Å². The second-order valence-electron chi connectivity index (χ2n) is 4.55. The third-order valence-corrected chi connectivity index (χ3v) is 3.09. The van der Waals surface area contributed by atoms with Crippen LogP contribution in [-0.4, -0.2) is 11.0 Å². The molecule has 3 nitrogen and oxygen atoms in total. The van der Waals surface area contributed by atoms with Crippen molar-refractivity contribution in [3.8, 4) is 5.75 Å². The summed E-state index contributed by atoms with van der Waals surface area (Å²) in [5.41, 5.74) is 1.15. The Hall–Kier alpha value is -1.30. The second-order valence-corrected chi connectivity index (χ2v) is 5.66. The largest absolute Gasteiger partial charge is 0.485 e. The molecule has 0 atom stereocenters. The Morgan fingerprint density at radius 2 is 1.89 bits per heavy atom. The Bertz CT molecular complexity index is 529. The van der Waals surface area contributed by atoms with Gasteiger partial charge in [-0.05, 0) is 54.1 Å². The maximum absolute atomic E-state index is 5.85. The fourth-order valence-electron chi connectivity index (χ4n) is 1.65. The third kappa shape index (κ3) is 4.38. The molecule has 1 N–H and O–H groups in total. The zero-order valence-electron chi connectivity index (χ0n) is 11.1. The lowest BCUT2D eigenvalue weighted by Gasteiger charge is -2.14. The highest BCUT2D eigenvalue weighted by molar-refractivity contribution is 14.1. The van der Waals surface area contributed by atoms with Gasteiger partial charge in [-0.25, -0.2) is 4.98 Å². The maximum atomic E-state index is 5.85. The van der Waals surface area contributed by atoms with Gasteiger partial charge in [0.05, 0.1) is 0 Å². The summed E-state index contributed by atoms with van der Waals surface area (Å²) < 4.78 is 6.80. The van der Waals surface area contributed by atoms with Gasteiger partial charge in [0.2, 0.25) is 0 Å². The molecule has 0 unspecified atom stereocenters. The van der Waals surface area contributed by atoms with E-state index < -0.39 is 0 Å². The molecular weight excluding hydrogens is 351 g/mol. The number of nitrogens with one attached hydrogen (secondary N) is 1. The SMILES string of the molecule is CC(C)Nc1nc(I)ccc1OCc1ccccc1. The highest BCUT2D eigenvalue weighted by atomic mass is 127. The van der Waals surface area contributed by atoms with E-state index in [4.69, 9.17) is 4.74 Å². The van der Waals surface area contributed by atoms with Crippen LogP contribution in [0.1, 0.15) is 19.4 Å². The van der Waals surface area contributed by atoms with Crippen LogP contribution in [0.3, 0.4) is 0 Å². The van der Waals surface area contributed by atoms with Crippen molar-refractivity contribution in [2.75, 3.05) is 5.32 Å². The van der Waals surface area contributed by atoms with E-state index >= 15 is 0 Å². The summed E-state index contributed by atoms with van der Waals surface area (Å²) in [5, 5.41) is 3.31. The average molecular weight is 368 g/mol. The Morgan fingerprint density at radius 3 is 2.58 bits per heavy atom. The molecule has 0 saturated carbocycles. The van der Waals surface area contributed by atoms with Crippen molar-refractivity contribution >= 4 is 28.4 Å². The van der Waals surface area contributed by atoms with Crippen LogP contribution in [0.25, 0.3) is 0 Å². The van der Waals surface area contributed by atoms with Gasteiger partial charge in [-0.1, -0.05) is 30.3 Å². The van der Waals surface area contributed by atoms with Crippen molar-refractivity contribution in [3.63, 3.8) is 0 Å². The Labute approximate surface area is 127 Å². The van der Waals surface area contributed by atoms with Gasteiger partial charge in [-0.15, -0.1) is 0 Å². The lowest BCUT2D eigenvalue weighted by molar-refractivity contribution is 0.306. The van der Waals surface area contributed by atoms with E-state index in [9.17, 15) is 0 Å². The summed E-state index contributed by atoms with van der Waals surface area (Å²) in [6, 6.07) is 14.4. The van der Waals surface area contributed by atoms with Crippen LogP contribution in [0.15, 0.2) is 42.5 Å². The molecule has 0 aliphatic carbocycles. The number of rotatable bonds is 5. The van der Waals surface area contributed by atoms with E-state index in [2.05, 4.69) is 58.9 Å². The summed E-state index contributed by atoms with van der Waals surface area (Å²) in [4.78, 5) is 4.48. The van der Waals surface area contributed by atoms with E-state index in [-0.39, 0.29) is 0 Å². The van der Waals surface area contributed by atoms with Crippen molar-refractivity contribution in [1.29, 1.82) is 0 Å². The fourth-order valence-corrected chi connectivity index (χ4v) is 2.07. The summed E-state index contributed by atoms with van der Waals surface area (Å²) in [5.74, 6) is 1.59. The number of anilines is 1. The van der Waals surface area contributed by atoms with E-state index in [1.165, 1.54) is 0 Å². The van der Waals surface area contributed by atoms with Gasteiger partial charge in [-0.3, -0.25) is 0 Å². The molecule has 100 valence electrons. The minimum Gasteiger partial charge on any atom is -0.485 e. The number of ether oxygens (including phenoxy) is 1. The number of aromatic nitrogens is 1. The molecule has 1 aromatic heterocycles. The van der Waals surface area contributed by atoms with Crippen LogP contribution in [0.2, 0.25) is 0 Å². The van der Waals surface area contributed by atoms with Gasteiger partial charge in [0.15, 0.2) is 11.6 Å². The van der Waals surface area contributed by atoms with Crippen molar-refractivity contribution in [2.45, 2.75) is 26.5 Å². The molecule has 0 amide bonds. The van der Waals surface area contributed by atoms with Gasteiger partial charge in [0, 0.05) is 6.04 Å². The van der Waals surface area contributed by atoms with E-state index in [1.54, 1.807) is 0 Å². The number of hydrogen-bond acceptors (Lipinski definition) is 3. The molecule has 2 rings (SSSR count). The Morgan fingerprint density at radius 1 is 1.16 bits per heavy atom. The number of pyridine rings is 1. The first-order chi connectivity index (χ1) is 9.15. The molecule has 0 bridgehead atoms. The van der Waals surface area contributed by atoms with Crippen molar-refractivity contribution in [1.82, 2.24) is 4.98 Å². The smallest absolute Gasteiger partial charge is 0.170 e. The van der Waals surface area contributed by atoms with E-state index in [0.29, 0.717) is 12.6 Å². The number of halogens is 1. The van der Waals surface area contributed by atoms with Gasteiger partial charge in [0.25, 0.3) is 0 Å². The summed E-state index contributed by atoms with van der Waals surface area (Å²) in [7, 11) is 0. The van der Waals surface area contributed by atoms with Crippen LogP contribution in [0.4, 0.5) is 5.82 Å². The first-order valence-corrected chi connectivity index (χ1v) is 7.33. The lowest BCUT2D eigenvalue weighted by Crippen LogP contribution is -2.13. The standard InChI is InChI=1S/C15H17IN2O/c1-11(2)17-15-13(8-9-14(16)18-15)19-10-12-6-4-3-5-7-12/h3-9,11H,10H2,1-2H3,(H,17,18). The molecule has 19 heavy (non-hydrogen) atoms. The predicted octanol–water partition coefficient (Wildman–Crippen LogP) is 4.09. The lowest BCUT2D eigenvalue weighted by atomic mass is 10.2. The third-order valence-electron chi connectivity index (χ3n) is 2.49. The minimum absolute atomic E-state index is 0.324. The van der Waals surface area contributed by atoms with E-state index in [1.807, 2.05) is 30.3 Å². The zero-order valence-corrected chi connectivity index (χ0v) is 13.2. The maximum Gasteiger partial charge on any atom is 0.170 e. The van der Waals surface area contributed by atoms with Crippen LogP contribution >= 0.6 is 22.6 Å². The van der Waals surface area contributed by atoms with Gasteiger partial charge < -0.3 is 10.1 Å². The number of benzene rings is 1. The van der Waals surface area contributed by atoms with Crippen LogP contribution in [0.5, 0.6) is 5.75 Å². The molecule has 0 saturated heterocycles. The molecule has 1 aromatic carbocycles. The molecule has 2 aromatic rings. The van der Waals surface area contributed by atoms with Gasteiger partial charge in [0.1, 0.15) is 10.3 Å². The zero-order chi connectivity index (χ0) is 13.7. The summed E-state index contributed by atoms with van der Waals surface area (Å²) in [6.45, 7) is 4.72. The quantitative estimate of drug-likeness (QED) is 0.638. The highest BCUT2D eigenvalue weighted by Crippen LogP contribution is 2.24. The average Bonchev–Trinajstić information content (AvgIpc) is 2.38. The Balaban J connectivity index is 2.11. The molecule has 0 fully saturated rings. The molecule has 0 aliphatic heterocycles. The highest BCUT2D eigenvalue weighted by Gasteiger charge is 2.07. The van der Waals surface area contributed by atoms with Crippen molar-refractivity contribution in [3.05, 3.63) is 51.7 Å². The second kappa shape index (κ2) is 6.75. The molecular formula is C15H17IN2O. The first kappa shape index (κ1) is 14.1. The fraction of sp³-hybridized carbons (Fsp3) is 0.267. The van der Waals surface area contributed by atoms with Crippen molar-refractivity contribution < 1.29 is 4.74 Å². The molecule has 0 radical (unpaired) electrons. The first-order valence-electron chi connectivity index (χ1n) is 6.25. The summed E-state index contributed by atoms with van der Waals surface area (Å²) in [6.07, 6.45) is 0. The number of nitrogens with zero attached hydrogens (tertiary/aromatic N) is 1. The van der Waals surface area contributed by atoms with Crippen molar-refractivity contribution in [2.24, 2.45) is 0 Å². The Kier molecular flexibility index (Phi) is 5.01. The molecule has 0 aliphatic rings. The minimum atomic E-state index is 0.324. The monoisotopic (exact) mass is 368 g/mol. The van der Waals surface area contributed by atoms with Crippen LogP contribution in [0, 0.1) is 3.70 Å². The molecule has 0 spiro atoms. The van der Waals surface area contributed by atoms with Crippen LogP contribution in [-0.2, 0) is 6.61 Å². The number of hydrogen-bond donors (Lipinski definition) is 1. The van der Waals surface area contributed by atoms with E-state index in [0.717, 1.165) is 20.8 Å². The normalized spacial score (nSPS) is 10.5. The predicted molar refractivity (Wildman–Crippen MR) is 86.5 cm³/mol. The summed E-state index contributed by atoms with van der Waals surface area (Å²) >= 11 is 2.20. The molecule has 4 heteroatoms. The van der Waals surface area contributed by atoms with Gasteiger partial charge >= 0.3 is 0 Å². The molecule has 1 heterocycles. The van der Waals surface area contributed by atoms with Crippen LogP contribution < -0.4 is 10.1 Å².